The first-order valence-electron chi connectivity index (χ1n) is 22.5. The zero-order valence-corrected chi connectivity index (χ0v) is 35.0. The lowest BCUT2D eigenvalue weighted by molar-refractivity contribution is 0.774. The van der Waals surface area contributed by atoms with E-state index in [1.807, 2.05) is 0 Å². The van der Waals surface area contributed by atoms with Crippen molar-refractivity contribution in [3.63, 3.8) is 0 Å². The Morgan fingerprint density at radius 2 is 0.873 bits per heavy atom. The molecule has 10 aromatic rings. The van der Waals surface area contributed by atoms with Crippen LogP contribution in [0.5, 0.6) is 0 Å². The number of rotatable bonds is 6. The van der Waals surface area contributed by atoms with E-state index in [1.54, 1.807) is 0 Å². The van der Waals surface area contributed by atoms with Gasteiger partial charge in [-0.3, -0.25) is 0 Å². The Hall–Kier alpha value is -7.54. The Labute approximate surface area is 369 Å². The molecule has 0 aromatic heterocycles. The Kier molecular flexibility index (Phi) is 8.18. The zero-order chi connectivity index (χ0) is 41.5. The van der Waals surface area contributed by atoms with Crippen molar-refractivity contribution in [2.75, 3.05) is 0 Å². The molecule has 0 nitrogen and oxygen atoms in total. The van der Waals surface area contributed by atoms with Gasteiger partial charge in [0.1, 0.15) is 0 Å². The number of fused-ring (bicyclic) bond motifs is 14. The third-order valence-electron chi connectivity index (χ3n) is 14.7. The normalized spacial score (nSPS) is 15.2. The van der Waals surface area contributed by atoms with Gasteiger partial charge < -0.3 is 0 Å². The largest absolute Gasteiger partial charge is 0.0731 e. The molecule has 0 N–H and O–H groups in total. The van der Waals surface area contributed by atoms with Crippen molar-refractivity contribution in [2.45, 2.75) is 30.1 Å². The summed E-state index contributed by atoms with van der Waals surface area (Å²) < 4.78 is 0. The van der Waals surface area contributed by atoms with Gasteiger partial charge in [-0.2, -0.15) is 0 Å². The van der Waals surface area contributed by atoms with Crippen molar-refractivity contribution in [2.24, 2.45) is 0 Å². The quantitative estimate of drug-likeness (QED) is 0.157. The van der Waals surface area contributed by atoms with Crippen LogP contribution in [0.1, 0.15) is 67.5 Å². The molecule has 13 rings (SSSR count). The van der Waals surface area contributed by atoms with E-state index in [4.69, 9.17) is 0 Å². The maximum absolute atomic E-state index is 2.42. The molecule has 2 unspecified atom stereocenters. The number of hydrogen-bond acceptors (Lipinski definition) is 0. The number of benzene rings is 10. The molecule has 3 aliphatic carbocycles. The molecule has 10 aromatic carbocycles. The van der Waals surface area contributed by atoms with Crippen LogP contribution < -0.4 is 0 Å². The highest BCUT2D eigenvalue weighted by Crippen LogP contribution is 2.64. The molecule has 3 aliphatic rings. The van der Waals surface area contributed by atoms with E-state index in [2.05, 4.69) is 231 Å². The van der Waals surface area contributed by atoms with Crippen LogP contribution >= 0.6 is 0 Å². The number of hydrogen-bond donors (Lipinski definition) is 0. The summed E-state index contributed by atoms with van der Waals surface area (Å²) in [6, 6.07) is 87.2. The van der Waals surface area contributed by atoms with Crippen LogP contribution in [-0.2, 0) is 18.3 Å². The smallest absolute Gasteiger partial charge is 0.0622 e. The SMILES string of the molecule is c1ccc(CC(c2ccccc2)c2cccc3c2-c2ccccc2CC3c2cccc3c(-c4cccc5c4C4(c6ccccc6-c6ccccc64)c4ccccc4-5)cccc23)cc1. The molecule has 0 heteroatoms. The Morgan fingerprint density at radius 1 is 0.381 bits per heavy atom. The predicted octanol–water partition coefficient (Wildman–Crippen LogP) is 15.6. The summed E-state index contributed by atoms with van der Waals surface area (Å²) in [6.07, 6.45) is 1.89. The molecule has 1 spiro atoms. The summed E-state index contributed by atoms with van der Waals surface area (Å²) in [4.78, 5) is 0. The minimum Gasteiger partial charge on any atom is -0.0622 e. The summed E-state index contributed by atoms with van der Waals surface area (Å²) in [5, 5.41) is 2.63. The first-order chi connectivity index (χ1) is 31.3. The van der Waals surface area contributed by atoms with Gasteiger partial charge in [0.15, 0.2) is 0 Å². The van der Waals surface area contributed by atoms with Gasteiger partial charge in [0.25, 0.3) is 0 Å². The van der Waals surface area contributed by atoms with E-state index in [0.29, 0.717) is 0 Å². The van der Waals surface area contributed by atoms with Crippen LogP contribution in [0.2, 0.25) is 0 Å². The molecule has 0 heterocycles. The molecule has 0 fully saturated rings. The third-order valence-corrected chi connectivity index (χ3v) is 14.7. The minimum absolute atomic E-state index is 0.188. The Balaban J connectivity index is 1.02. The molecule has 0 saturated carbocycles. The topological polar surface area (TPSA) is 0 Å². The van der Waals surface area contributed by atoms with Gasteiger partial charge in [-0.1, -0.05) is 231 Å². The van der Waals surface area contributed by atoms with Gasteiger partial charge in [0, 0.05) is 11.8 Å². The van der Waals surface area contributed by atoms with E-state index in [9.17, 15) is 0 Å². The highest BCUT2D eigenvalue weighted by molar-refractivity contribution is 6.05. The van der Waals surface area contributed by atoms with Gasteiger partial charge in [-0.15, -0.1) is 0 Å². The Morgan fingerprint density at radius 3 is 1.59 bits per heavy atom. The van der Waals surface area contributed by atoms with Crippen molar-refractivity contribution in [1.29, 1.82) is 0 Å². The summed E-state index contributed by atoms with van der Waals surface area (Å²) in [7, 11) is 0. The van der Waals surface area contributed by atoms with E-state index in [-0.39, 0.29) is 11.8 Å². The molecular weight excluding hydrogens is 757 g/mol. The monoisotopic (exact) mass is 800 g/mol. The van der Waals surface area contributed by atoms with Gasteiger partial charge in [0.05, 0.1) is 5.41 Å². The highest BCUT2D eigenvalue weighted by atomic mass is 14.5. The first-order valence-corrected chi connectivity index (χ1v) is 22.5. The van der Waals surface area contributed by atoms with Crippen LogP contribution in [0.3, 0.4) is 0 Å². The fourth-order valence-corrected chi connectivity index (χ4v) is 12.2. The average molecular weight is 801 g/mol. The van der Waals surface area contributed by atoms with Gasteiger partial charge >= 0.3 is 0 Å². The van der Waals surface area contributed by atoms with Crippen LogP contribution in [0.4, 0.5) is 0 Å². The van der Waals surface area contributed by atoms with Crippen molar-refractivity contribution >= 4 is 10.8 Å². The molecule has 0 amide bonds. The van der Waals surface area contributed by atoms with Crippen LogP contribution in [-0.4, -0.2) is 0 Å². The summed E-state index contributed by atoms with van der Waals surface area (Å²) >= 11 is 0. The van der Waals surface area contributed by atoms with E-state index in [1.165, 1.54) is 111 Å². The van der Waals surface area contributed by atoms with Crippen LogP contribution in [0.25, 0.3) is 55.3 Å². The van der Waals surface area contributed by atoms with Gasteiger partial charge in [0.2, 0.25) is 0 Å². The summed E-state index contributed by atoms with van der Waals surface area (Å²) in [6.45, 7) is 0. The van der Waals surface area contributed by atoms with E-state index >= 15 is 0 Å². The second kappa shape index (κ2) is 14.3. The molecule has 296 valence electrons. The fourth-order valence-electron chi connectivity index (χ4n) is 12.2. The van der Waals surface area contributed by atoms with Crippen LogP contribution in [0, 0.1) is 0 Å². The minimum atomic E-state index is -0.424. The van der Waals surface area contributed by atoms with Crippen molar-refractivity contribution in [3.05, 3.63) is 286 Å². The predicted molar refractivity (Wildman–Crippen MR) is 262 cm³/mol. The average Bonchev–Trinajstić information content (AvgIpc) is 3.83. The maximum atomic E-state index is 2.42. The lowest BCUT2D eigenvalue weighted by Crippen LogP contribution is -2.26. The second-order valence-electron chi connectivity index (χ2n) is 17.7. The molecule has 2 atom stereocenters. The molecule has 0 aliphatic heterocycles. The summed E-state index contributed by atoms with van der Waals surface area (Å²) in [5.41, 5.74) is 24.1. The van der Waals surface area contributed by atoms with Gasteiger partial charge in [-0.05, 0) is 124 Å². The van der Waals surface area contributed by atoms with Crippen molar-refractivity contribution in [3.8, 4) is 44.5 Å². The molecule has 63 heavy (non-hydrogen) atoms. The van der Waals surface area contributed by atoms with E-state index in [0.717, 1.165) is 12.8 Å². The zero-order valence-electron chi connectivity index (χ0n) is 35.0. The highest BCUT2D eigenvalue weighted by Gasteiger charge is 2.52. The third kappa shape index (κ3) is 5.28. The fraction of sp³-hybridized carbons (Fsp3) is 0.0794. The lowest BCUT2D eigenvalue weighted by Gasteiger charge is -2.33. The maximum Gasteiger partial charge on any atom is 0.0731 e. The molecule has 0 saturated heterocycles. The standard InChI is InChI=1S/C63H44/c1-3-19-41(20-4-1)39-56(42-21-5-2-6-22-42)52-32-17-33-53-57(40-43-23-7-8-24-44(43)61(52)53)48-31-16-28-45-46(48)29-15-30-47(45)54-34-18-35-55-51-27-11-14-38-60(51)63(62(54)55)58-36-12-9-25-49(58)50-26-10-13-37-59(50)63/h1-38,56-57H,39-40H2. The van der Waals surface area contributed by atoms with Gasteiger partial charge in [-0.25, -0.2) is 0 Å². The van der Waals surface area contributed by atoms with Crippen molar-refractivity contribution < 1.29 is 0 Å². The molecule has 0 bridgehead atoms. The van der Waals surface area contributed by atoms with E-state index < -0.39 is 5.41 Å². The van der Waals surface area contributed by atoms with Crippen LogP contribution in [0.15, 0.2) is 231 Å². The molecule has 0 radical (unpaired) electrons. The molecular formula is C63H44. The first kappa shape index (κ1) is 36.1. The Bertz CT molecular complexity index is 3340. The second-order valence-corrected chi connectivity index (χ2v) is 17.7. The lowest BCUT2D eigenvalue weighted by atomic mass is 9.68. The van der Waals surface area contributed by atoms with Crippen molar-refractivity contribution in [1.82, 2.24) is 0 Å². The summed E-state index contributed by atoms with van der Waals surface area (Å²) in [5.74, 6) is 0.393.